The summed E-state index contributed by atoms with van der Waals surface area (Å²) >= 11 is 5.99. The fraction of sp³-hybridized carbons (Fsp3) is 0.158. The highest BCUT2D eigenvalue weighted by Gasteiger charge is 2.19. The Morgan fingerprint density at radius 3 is 2.61 bits per heavy atom. The molecular formula is C19H17ClN2O6. The molecule has 0 aliphatic heterocycles. The van der Waals surface area contributed by atoms with E-state index in [0.717, 1.165) is 6.08 Å². The van der Waals surface area contributed by atoms with Crippen molar-refractivity contribution in [3.63, 3.8) is 0 Å². The molecule has 0 fully saturated rings. The van der Waals surface area contributed by atoms with Gasteiger partial charge in [0, 0.05) is 17.2 Å². The summed E-state index contributed by atoms with van der Waals surface area (Å²) in [5, 5.41) is 13.8. The second-order valence-electron chi connectivity index (χ2n) is 5.56. The number of hydrogen-bond donors (Lipinski definition) is 1. The number of hydrogen-bond acceptors (Lipinski definition) is 6. The molecule has 2 rings (SSSR count). The van der Waals surface area contributed by atoms with Crippen molar-refractivity contribution in [3.8, 4) is 5.75 Å². The Labute approximate surface area is 165 Å². The van der Waals surface area contributed by atoms with Crippen molar-refractivity contribution < 1.29 is 24.0 Å². The van der Waals surface area contributed by atoms with E-state index in [1.807, 2.05) is 0 Å². The molecule has 1 atom stereocenters. The van der Waals surface area contributed by atoms with Crippen molar-refractivity contribution in [2.45, 2.75) is 13.0 Å². The number of carbonyl (C=O) groups is 2. The predicted molar refractivity (Wildman–Crippen MR) is 104 cm³/mol. The maximum absolute atomic E-state index is 12.2. The van der Waals surface area contributed by atoms with Gasteiger partial charge in [-0.2, -0.15) is 0 Å². The first-order chi connectivity index (χ1) is 13.3. The van der Waals surface area contributed by atoms with Gasteiger partial charge in [0.25, 0.3) is 11.6 Å². The molecule has 0 saturated carbocycles. The molecule has 1 amide bonds. The Hall–Kier alpha value is -3.39. The molecule has 0 bridgehead atoms. The van der Waals surface area contributed by atoms with Crippen LogP contribution in [0.1, 0.15) is 12.5 Å². The van der Waals surface area contributed by atoms with Gasteiger partial charge in [-0.05, 0) is 30.7 Å². The molecule has 1 N–H and O–H groups in total. The summed E-state index contributed by atoms with van der Waals surface area (Å²) in [6.07, 6.45) is 1.54. The Morgan fingerprint density at radius 1 is 1.25 bits per heavy atom. The first-order valence-corrected chi connectivity index (χ1v) is 8.46. The number of nitrogens with one attached hydrogen (secondary N) is 1. The van der Waals surface area contributed by atoms with Crippen LogP contribution in [0.4, 0.5) is 11.4 Å². The minimum Gasteiger partial charge on any atom is -0.494 e. The van der Waals surface area contributed by atoms with Gasteiger partial charge >= 0.3 is 5.97 Å². The highest BCUT2D eigenvalue weighted by atomic mass is 35.5. The van der Waals surface area contributed by atoms with E-state index in [1.54, 1.807) is 24.3 Å². The van der Waals surface area contributed by atoms with Crippen molar-refractivity contribution in [2.75, 3.05) is 12.4 Å². The van der Waals surface area contributed by atoms with Crippen molar-refractivity contribution in [1.29, 1.82) is 0 Å². The maximum atomic E-state index is 12.2. The molecule has 0 aliphatic rings. The predicted octanol–water partition coefficient (Wildman–Crippen LogP) is 3.84. The van der Waals surface area contributed by atoms with E-state index in [0.29, 0.717) is 10.6 Å². The molecule has 0 heterocycles. The normalized spacial score (nSPS) is 11.7. The molecule has 0 unspecified atom stereocenters. The number of amides is 1. The second-order valence-corrected chi connectivity index (χ2v) is 5.97. The number of anilines is 1. The number of methoxy groups -OCH3 is 1. The number of nitro groups is 1. The van der Waals surface area contributed by atoms with E-state index < -0.39 is 22.9 Å². The molecule has 28 heavy (non-hydrogen) atoms. The van der Waals surface area contributed by atoms with Gasteiger partial charge in [0.15, 0.2) is 6.10 Å². The lowest BCUT2D eigenvalue weighted by molar-refractivity contribution is -0.384. The summed E-state index contributed by atoms with van der Waals surface area (Å²) in [5.74, 6) is -1.23. The number of halogens is 1. The Balaban J connectivity index is 2.00. The van der Waals surface area contributed by atoms with Crippen LogP contribution < -0.4 is 10.1 Å². The van der Waals surface area contributed by atoms with Crippen molar-refractivity contribution >= 4 is 40.9 Å². The largest absolute Gasteiger partial charge is 0.494 e. The first-order valence-electron chi connectivity index (χ1n) is 8.08. The zero-order chi connectivity index (χ0) is 20.7. The van der Waals surface area contributed by atoms with Gasteiger partial charge in [-0.15, -0.1) is 0 Å². The van der Waals surface area contributed by atoms with E-state index in [4.69, 9.17) is 21.1 Å². The Bertz CT molecular complexity index is 928. The third kappa shape index (κ3) is 5.55. The average molecular weight is 405 g/mol. The van der Waals surface area contributed by atoms with Crippen molar-refractivity contribution in [3.05, 3.63) is 69.2 Å². The van der Waals surface area contributed by atoms with Crippen LogP contribution >= 0.6 is 11.6 Å². The van der Waals surface area contributed by atoms with E-state index in [1.165, 1.54) is 38.3 Å². The highest BCUT2D eigenvalue weighted by Crippen LogP contribution is 2.29. The lowest BCUT2D eigenvalue weighted by Gasteiger charge is -2.14. The summed E-state index contributed by atoms with van der Waals surface area (Å²) in [4.78, 5) is 34.4. The van der Waals surface area contributed by atoms with Crippen molar-refractivity contribution in [2.24, 2.45) is 0 Å². The summed E-state index contributed by atoms with van der Waals surface area (Å²) in [5.41, 5.74) is 0.667. The molecule has 8 nitrogen and oxygen atoms in total. The molecular weight excluding hydrogens is 388 g/mol. The molecule has 0 spiro atoms. The first kappa shape index (κ1) is 20.9. The molecule has 2 aromatic rings. The van der Waals surface area contributed by atoms with E-state index >= 15 is 0 Å². The van der Waals surface area contributed by atoms with Crippen LogP contribution in [-0.4, -0.2) is 30.0 Å². The standard InChI is InChI=1S/C19H17ClN2O6/c1-12(28-18(23)10-7-13-5-3-4-6-15(13)20)19(24)21-16-9-8-14(22(25)26)11-17(16)27-2/h3-12H,1-2H3,(H,21,24)/b10-7+/t12-/m0/s1. The van der Waals surface area contributed by atoms with Crippen LogP contribution in [0, 0.1) is 10.1 Å². The molecule has 146 valence electrons. The monoisotopic (exact) mass is 404 g/mol. The number of carbonyl (C=O) groups excluding carboxylic acids is 2. The number of ether oxygens (including phenoxy) is 2. The number of nitrogens with zero attached hydrogens (tertiary/aromatic N) is 1. The molecule has 2 aromatic carbocycles. The summed E-state index contributed by atoms with van der Waals surface area (Å²) in [6, 6.07) is 10.7. The molecule has 0 saturated heterocycles. The van der Waals surface area contributed by atoms with E-state index in [2.05, 4.69) is 5.32 Å². The van der Waals surface area contributed by atoms with Crippen LogP contribution in [-0.2, 0) is 14.3 Å². The van der Waals surface area contributed by atoms with Gasteiger partial charge in [-0.25, -0.2) is 4.79 Å². The molecule has 0 radical (unpaired) electrons. The lowest BCUT2D eigenvalue weighted by atomic mass is 10.2. The maximum Gasteiger partial charge on any atom is 0.331 e. The van der Waals surface area contributed by atoms with Crippen LogP contribution in [0.2, 0.25) is 5.02 Å². The number of benzene rings is 2. The highest BCUT2D eigenvalue weighted by molar-refractivity contribution is 6.32. The topological polar surface area (TPSA) is 108 Å². The third-order valence-electron chi connectivity index (χ3n) is 3.62. The molecule has 9 heteroatoms. The smallest absolute Gasteiger partial charge is 0.331 e. The minimum absolute atomic E-state index is 0.111. The zero-order valence-electron chi connectivity index (χ0n) is 15.0. The summed E-state index contributed by atoms with van der Waals surface area (Å²) < 4.78 is 10.1. The van der Waals surface area contributed by atoms with Crippen LogP contribution in [0.5, 0.6) is 5.75 Å². The van der Waals surface area contributed by atoms with Crippen LogP contribution in [0.3, 0.4) is 0 Å². The van der Waals surface area contributed by atoms with E-state index in [-0.39, 0.29) is 17.1 Å². The van der Waals surface area contributed by atoms with Gasteiger partial charge in [-0.1, -0.05) is 29.8 Å². The zero-order valence-corrected chi connectivity index (χ0v) is 15.8. The van der Waals surface area contributed by atoms with Gasteiger partial charge in [0.05, 0.1) is 23.8 Å². The number of non-ortho nitro benzene ring substituents is 1. The Morgan fingerprint density at radius 2 is 1.96 bits per heavy atom. The van der Waals surface area contributed by atoms with E-state index in [9.17, 15) is 19.7 Å². The van der Waals surface area contributed by atoms with Gasteiger partial charge < -0.3 is 14.8 Å². The molecule has 0 aliphatic carbocycles. The number of esters is 1. The third-order valence-corrected chi connectivity index (χ3v) is 3.96. The van der Waals surface area contributed by atoms with Gasteiger partial charge in [-0.3, -0.25) is 14.9 Å². The van der Waals surface area contributed by atoms with Crippen LogP contribution in [0.15, 0.2) is 48.5 Å². The SMILES string of the molecule is COc1cc([N+](=O)[O-])ccc1NC(=O)[C@H](C)OC(=O)/C=C/c1ccccc1Cl. The summed E-state index contributed by atoms with van der Waals surface area (Å²) in [7, 11) is 1.32. The minimum atomic E-state index is -1.11. The Kier molecular flexibility index (Phi) is 7.11. The lowest BCUT2D eigenvalue weighted by Crippen LogP contribution is -2.29. The number of rotatable bonds is 7. The van der Waals surface area contributed by atoms with Gasteiger partial charge in [0.2, 0.25) is 0 Å². The quantitative estimate of drug-likeness (QED) is 0.325. The van der Waals surface area contributed by atoms with Gasteiger partial charge in [0.1, 0.15) is 5.75 Å². The average Bonchev–Trinajstić information content (AvgIpc) is 2.67. The van der Waals surface area contributed by atoms with Crippen LogP contribution in [0.25, 0.3) is 6.08 Å². The van der Waals surface area contributed by atoms with Crippen molar-refractivity contribution in [1.82, 2.24) is 0 Å². The fourth-order valence-corrected chi connectivity index (χ4v) is 2.36. The second kappa shape index (κ2) is 9.52. The summed E-state index contributed by atoms with van der Waals surface area (Å²) in [6.45, 7) is 1.40. The number of nitro benzene ring substituents is 1. The molecule has 0 aromatic heterocycles. The fourth-order valence-electron chi connectivity index (χ4n) is 2.17.